The lowest BCUT2D eigenvalue weighted by molar-refractivity contribution is 0.109. The van der Waals surface area contributed by atoms with Gasteiger partial charge in [0.15, 0.2) is 0 Å². The maximum absolute atomic E-state index is 14.7. The maximum Gasteiger partial charge on any atom is 0.266 e. The van der Waals surface area contributed by atoms with Crippen molar-refractivity contribution >= 4 is 10.9 Å². The Morgan fingerprint density at radius 1 is 0.783 bits per heavy atom. The van der Waals surface area contributed by atoms with Gasteiger partial charge in [0.25, 0.3) is 5.56 Å². The highest BCUT2D eigenvalue weighted by atomic mass is 16.5. The van der Waals surface area contributed by atoms with Gasteiger partial charge >= 0.3 is 0 Å². The van der Waals surface area contributed by atoms with Gasteiger partial charge in [0.2, 0.25) is 0 Å². The molecule has 5 heteroatoms. The molecule has 5 aromatic carbocycles. The zero-order valence-corrected chi connectivity index (χ0v) is 25.6. The van der Waals surface area contributed by atoms with Gasteiger partial charge in [0.1, 0.15) is 17.1 Å². The van der Waals surface area contributed by atoms with Crippen molar-refractivity contribution < 1.29 is 4.74 Å². The summed E-state index contributed by atoms with van der Waals surface area (Å²) in [6.45, 7) is 0.925. The number of para-hydroxylation sites is 1. The molecular weight excluding hydrogens is 566 g/mol. The molecule has 3 aliphatic heterocycles. The second-order valence-corrected chi connectivity index (χ2v) is 13.3. The van der Waals surface area contributed by atoms with Gasteiger partial charge < -0.3 is 4.74 Å². The molecule has 4 aliphatic rings. The van der Waals surface area contributed by atoms with Crippen LogP contribution in [-0.2, 0) is 16.4 Å². The predicted molar refractivity (Wildman–Crippen MR) is 180 cm³/mol. The quantitative estimate of drug-likeness (QED) is 0.217. The zero-order valence-electron chi connectivity index (χ0n) is 25.6. The lowest BCUT2D eigenvalue weighted by Gasteiger charge is -2.44. The van der Waals surface area contributed by atoms with Crippen molar-refractivity contribution in [2.75, 3.05) is 13.7 Å². The van der Waals surface area contributed by atoms with Crippen molar-refractivity contribution in [2.24, 2.45) is 0 Å². The normalized spacial score (nSPS) is 28.5. The molecule has 1 aromatic heterocycles. The zero-order chi connectivity index (χ0) is 30.7. The highest BCUT2D eigenvalue weighted by Gasteiger charge is 2.95. The van der Waals surface area contributed by atoms with E-state index in [9.17, 15) is 4.79 Å². The van der Waals surface area contributed by atoms with Gasteiger partial charge in [-0.2, -0.15) is 0 Å². The molecule has 0 unspecified atom stereocenters. The van der Waals surface area contributed by atoms with Gasteiger partial charge in [-0.1, -0.05) is 103 Å². The summed E-state index contributed by atoms with van der Waals surface area (Å²) in [6.07, 6.45) is 2.16. The first kappa shape index (κ1) is 26.2. The molecule has 10 rings (SSSR count). The van der Waals surface area contributed by atoms with E-state index in [0.29, 0.717) is 5.39 Å². The Hall–Kier alpha value is -5.00. The second-order valence-electron chi connectivity index (χ2n) is 13.3. The number of rotatable bonds is 4. The van der Waals surface area contributed by atoms with Gasteiger partial charge in [-0.25, -0.2) is 4.98 Å². The summed E-state index contributed by atoms with van der Waals surface area (Å²) in [5.74, 6) is 1.75. The molecule has 1 spiro atoms. The van der Waals surface area contributed by atoms with Gasteiger partial charge in [-0.3, -0.25) is 14.3 Å². The third kappa shape index (κ3) is 2.75. The largest absolute Gasteiger partial charge is 0.497 e. The molecule has 4 heterocycles. The molecule has 1 aliphatic carbocycles. The first-order valence-corrected chi connectivity index (χ1v) is 16.3. The molecule has 0 bridgehead atoms. The number of methoxy groups -OCH3 is 1. The number of hydrogen-bond donors (Lipinski definition) is 0. The van der Waals surface area contributed by atoms with Crippen LogP contribution in [0.15, 0.2) is 138 Å². The molecule has 0 radical (unpaired) electrons. The molecule has 46 heavy (non-hydrogen) atoms. The first-order chi connectivity index (χ1) is 22.7. The minimum Gasteiger partial charge on any atom is -0.497 e. The summed E-state index contributed by atoms with van der Waals surface area (Å²) in [7, 11) is 1.73. The minimum absolute atomic E-state index is 0.0167. The third-order valence-corrected chi connectivity index (χ3v) is 11.8. The molecule has 0 N–H and O–H groups in total. The third-order valence-electron chi connectivity index (χ3n) is 11.8. The first-order valence-electron chi connectivity index (χ1n) is 16.3. The fraction of sp³-hybridized carbons (Fsp3) is 0.220. The number of ether oxygens (including phenoxy) is 1. The Morgan fingerprint density at radius 3 is 2.20 bits per heavy atom. The van der Waals surface area contributed by atoms with E-state index in [1.807, 2.05) is 34.9 Å². The van der Waals surface area contributed by atoms with Gasteiger partial charge in [0.05, 0.1) is 23.7 Å². The molecule has 0 amide bonds. The van der Waals surface area contributed by atoms with Crippen molar-refractivity contribution in [3.63, 3.8) is 0 Å². The Morgan fingerprint density at radius 2 is 1.46 bits per heavy atom. The van der Waals surface area contributed by atoms with Crippen molar-refractivity contribution in [3.8, 4) is 11.4 Å². The SMILES string of the molecule is COc1ccc2c(c1)[C@]1(c3nc4ccccc4c(=O)n3-2)N2CCC[C@@H]2[C@]2(c3ccccc3)[C@@H](c3ccccc3)[C@@]21c1ccccc1. The monoisotopic (exact) mass is 599 g/mol. The van der Waals surface area contributed by atoms with E-state index in [0.717, 1.165) is 47.7 Å². The Balaban J connectivity index is 1.45. The second kappa shape index (κ2) is 9.05. The van der Waals surface area contributed by atoms with Crippen LogP contribution in [0.3, 0.4) is 0 Å². The Bertz CT molecular complexity index is 2230. The van der Waals surface area contributed by atoms with E-state index in [2.05, 4.69) is 108 Å². The number of nitrogens with zero attached hydrogens (tertiary/aromatic N) is 3. The van der Waals surface area contributed by atoms with Crippen LogP contribution in [0.2, 0.25) is 0 Å². The number of benzene rings is 5. The van der Waals surface area contributed by atoms with Crippen molar-refractivity contribution in [1.29, 1.82) is 0 Å². The smallest absolute Gasteiger partial charge is 0.266 e. The maximum atomic E-state index is 14.7. The van der Waals surface area contributed by atoms with Gasteiger partial charge in [-0.05, 0) is 66.4 Å². The molecular formula is C41H33N3O2. The summed E-state index contributed by atoms with van der Waals surface area (Å²) < 4.78 is 7.89. The van der Waals surface area contributed by atoms with Crippen LogP contribution in [0.1, 0.15) is 46.8 Å². The van der Waals surface area contributed by atoms with Crippen molar-refractivity contribution in [1.82, 2.24) is 14.5 Å². The Kier molecular flexibility index (Phi) is 5.16. The Labute approximate surface area is 267 Å². The molecule has 5 atom stereocenters. The van der Waals surface area contributed by atoms with Crippen LogP contribution in [0.25, 0.3) is 16.6 Å². The van der Waals surface area contributed by atoms with Crippen molar-refractivity contribution in [2.45, 2.75) is 41.2 Å². The van der Waals surface area contributed by atoms with Crippen LogP contribution in [0.4, 0.5) is 0 Å². The minimum atomic E-state index is -0.737. The van der Waals surface area contributed by atoms with Crippen LogP contribution in [-0.4, -0.2) is 34.1 Å². The van der Waals surface area contributed by atoms with Crippen LogP contribution < -0.4 is 10.3 Å². The fourth-order valence-electron chi connectivity index (χ4n) is 10.6. The fourth-order valence-corrected chi connectivity index (χ4v) is 10.6. The van der Waals surface area contributed by atoms with Crippen LogP contribution >= 0.6 is 0 Å². The molecule has 3 fully saturated rings. The lowest BCUT2D eigenvalue weighted by atomic mass is 9.67. The highest BCUT2D eigenvalue weighted by Crippen LogP contribution is 2.89. The standard InChI is InChI=1S/C41H33N3O2/c1-46-30-23-24-34-32(26-30)41(38-42-33-21-12-11-20-31(33)37(45)44(34)38)40(29-18-9-4-10-19-29)36(27-14-5-2-6-15-27)39(40,28-16-7-3-8-17-28)35-22-13-25-43(35)41/h2-12,14-21,23-24,26,35-36H,13,22,25H2,1H3/t35-,36-,39-,40+,41-/m1/s1. The van der Waals surface area contributed by atoms with E-state index in [1.54, 1.807) is 7.11 Å². The summed E-state index contributed by atoms with van der Waals surface area (Å²) >= 11 is 0. The number of hydrogen-bond acceptors (Lipinski definition) is 4. The van der Waals surface area contributed by atoms with E-state index in [-0.39, 0.29) is 22.9 Å². The topological polar surface area (TPSA) is 47.4 Å². The molecule has 1 saturated carbocycles. The van der Waals surface area contributed by atoms with E-state index >= 15 is 0 Å². The summed E-state index contributed by atoms with van der Waals surface area (Å²) in [4.78, 5) is 23.0. The molecule has 5 nitrogen and oxygen atoms in total. The average Bonchev–Trinajstić information content (AvgIpc) is 3.35. The van der Waals surface area contributed by atoms with Crippen molar-refractivity contribution in [3.05, 3.63) is 172 Å². The van der Waals surface area contributed by atoms with Crippen LogP contribution in [0, 0.1) is 0 Å². The molecule has 2 saturated heterocycles. The van der Waals surface area contributed by atoms with Gasteiger partial charge in [0, 0.05) is 28.4 Å². The average molecular weight is 600 g/mol. The highest BCUT2D eigenvalue weighted by molar-refractivity contribution is 5.82. The van der Waals surface area contributed by atoms with E-state index in [4.69, 9.17) is 9.72 Å². The number of aromatic nitrogens is 2. The molecule has 224 valence electrons. The van der Waals surface area contributed by atoms with Gasteiger partial charge in [-0.15, -0.1) is 0 Å². The summed E-state index contributed by atoms with van der Waals surface area (Å²) in [5.41, 5.74) is 5.22. The number of piperidine rings is 1. The lowest BCUT2D eigenvalue weighted by Crippen LogP contribution is -2.53. The van der Waals surface area contributed by atoms with E-state index in [1.165, 1.54) is 16.7 Å². The predicted octanol–water partition coefficient (Wildman–Crippen LogP) is 7.10. The summed E-state index contributed by atoms with van der Waals surface area (Å²) in [6, 6.07) is 47.7. The molecule has 6 aromatic rings. The number of fused-ring (bicyclic) bond motifs is 11. The van der Waals surface area contributed by atoms with Crippen LogP contribution in [0.5, 0.6) is 5.75 Å². The summed E-state index contributed by atoms with van der Waals surface area (Å²) in [5, 5.41) is 0.638. The van der Waals surface area contributed by atoms with E-state index < -0.39 is 11.0 Å².